The van der Waals surface area contributed by atoms with Crippen molar-refractivity contribution in [1.82, 2.24) is 4.57 Å². The minimum absolute atomic E-state index is 0.0434. The molecule has 0 aliphatic rings. The summed E-state index contributed by atoms with van der Waals surface area (Å²) in [6.45, 7) is 4.88. The van der Waals surface area contributed by atoms with Gasteiger partial charge in [0.25, 0.3) is 5.69 Å². The molecule has 0 fully saturated rings. The predicted molar refractivity (Wildman–Crippen MR) is 84.3 cm³/mol. The smallest absolute Gasteiger partial charge is 0.307 e. The van der Waals surface area contributed by atoms with Gasteiger partial charge in [-0.15, -0.1) is 0 Å². The van der Waals surface area contributed by atoms with E-state index in [-0.39, 0.29) is 10.6 Å². The topological polar surface area (TPSA) is 77.2 Å². The van der Waals surface area contributed by atoms with Gasteiger partial charge in [0.15, 0.2) is 0 Å². The molecule has 0 aliphatic carbocycles. The largest absolute Gasteiger partial charge is 0.380 e. The molecule has 0 aliphatic heterocycles. The number of aromatic nitrogens is 1. The van der Waals surface area contributed by atoms with Gasteiger partial charge in [-0.05, 0) is 25.0 Å². The Morgan fingerprint density at radius 3 is 2.76 bits per heavy atom. The van der Waals surface area contributed by atoms with E-state index in [9.17, 15) is 14.9 Å². The number of nitrogens with one attached hydrogen (secondary N) is 1. The summed E-state index contributed by atoms with van der Waals surface area (Å²) in [6.07, 6.45) is 0.891. The molecule has 7 heteroatoms. The lowest BCUT2D eigenvalue weighted by molar-refractivity contribution is -0.384. The van der Waals surface area contributed by atoms with Crippen molar-refractivity contribution in [2.75, 3.05) is 11.9 Å². The molecule has 6 nitrogen and oxygen atoms in total. The lowest BCUT2D eigenvalue weighted by Gasteiger charge is -2.09. The van der Waals surface area contributed by atoms with Crippen molar-refractivity contribution in [2.24, 2.45) is 0 Å². The van der Waals surface area contributed by atoms with E-state index in [1.54, 1.807) is 16.0 Å². The van der Waals surface area contributed by atoms with Crippen molar-refractivity contribution in [3.05, 3.63) is 54.6 Å². The molecular formula is C14H17N3O3S. The van der Waals surface area contributed by atoms with Gasteiger partial charge in [-0.3, -0.25) is 19.5 Å². The maximum absolute atomic E-state index is 11.7. The third kappa shape index (κ3) is 3.49. The molecule has 1 aromatic carbocycles. The predicted octanol–water partition coefficient (Wildman–Crippen LogP) is 3.00. The number of nitrogens with zero attached hydrogens (tertiary/aromatic N) is 2. The molecule has 0 bridgehead atoms. The van der Waals surface area contributed by atoms with E-state index >= 15 is 0 Å². The number of thiazole rings is 1. The Kier molecular flexibility index (Phi) is 4.74. The van der Waals surface area contributed by atoms with Crippen molar-refractivity contribution in [2.45, 2.75) is 26.8 Å². The van der Waals surface area contributed by atoms with Gasteiger partial charge in [0.2, 0.25) is 0 Å². The number of hydrogen-bond acceptors (Lipinski definition) is 5. The summed E-state index contributed by atoms with van der Waals surface area (Å²) in [5.74, 6) is 0. The Morgan fingerprint density at radius 2 is 2.19 bits per heavy atom. The molecule has 0 saturated carbocycles. The van der Waals surface area contributed by atoms with E-state index in [0.717, 1.165) is 29.0 Å². The Morgan fingerprint density at radius 1 is 1.43 bits per heavy atom. The van der Waals surface area contributed by atoms with Gasteiger partial charge in [0.05, 0.1) is 11.5 Å². The average Bonchev–Trinajstić information content (AvgIpc) is 2.77. The summed E-state index contributed by atoms with van der Waals surface area (Å²) in [4.78, 5) is 22.4. The van der Waals surface area contributed by atoms with Gasteiger partial charge in [0, 0.05) is 23.7 Å². The van der Waals surface area contributed by atoms with Crippen LogP contribution in [0.3, 0.4) is 0 Å². The molecule has 1 aromatic heterocycles. The number of benzene rings is 1. The average molecular weight is 307 g/mol. The van der Waals surface area contributed by atoms with Crippen LogP contribution < -0.4 is 10.2 Å². The molecule has 2 aromatic rings. The van der Waals surface area contributed by atoms with Crippen molar-refractivity contribution >= 4 is 22.7 Å². The third-order valence-electron chi connectivity index (χ3n) is 3.14. The van der Waals surface area contributed by atoms with Crippen LogP contribution in [0.5, 0.6) is 0 Å². The summed E-state index contributed by atoms with van der Waals surface area (Å²) < 4.78 is 1.61. The number of rotatable bonds is 6. The lowest BCUT2D eigenvalue weighted by Crippen LogP contribution is -2.15. The Labute approximate surface area is 126 Å². The molecule has 0 saturated heterocycles. The van der Waals surface area contributed by atoms with Crippen LogP contribution in [0.2, 0.25) is 0 Å². The fourth-order valence-corrected chi connectivity index (χ4v) is 2.75. The molecule has 0 spiro atoms. The fraction of sp³-hybridized carbons (Fsp3) is 0.357. The van der Waals surface area contributed by atoms with Crippen molar-refractivity contribution in [1.29, 1.82) is 0 Å². The standard InChI is InChI=1S/C14H17N3O3S/c1-3-6-15-12-5-4-11(7-13(12)17(19)20)8-16-10(2)9-21-14(16)18/h4-5,7,9,15H,3,6,8H2,1-2H3. The van der Waals surface area contributed by atoms with Gasteiger partial charge >= 0.3 is 4.87 Å². The minimum Gasteiger partial charge on any atom is -0.380 e. The number of nitro benzene ring substituents is 1. The molecule has 0 radical (unpaired) electrons. The van der Waals surface area contributed by atoms with E-state index in [1.807, 2.05) is 19.9 Å². The van der Waals surface area contributed by atoms with E-state index in [1.165, 1.54) is 6.07 Å². The zero-order valence-electron chi connectivity index (χ0n) is 12.0. The van der Waals surface area contributed by atoms with Crippen molar-refractivity contribution in [3.8, 4) is 0 Å². The Balaban J connectivity index is 2.32. The molecule has 0 atom stereocenters. The number of anilines is 1. The highest BCUT2D eigenvalue weighted by atomic mass is 32.1. The van der Waals surface area contributed by atoms with E-state index < -0.39 is 4.92 Å². The number of nitro groups is 1. The van der Waals surface area contributed by atoms with Gasteiger partial charge in [-0.25, -0.2) is 0 Å². The van der Waals surface area contributed by atoms with Crippen LogP contribution >= 0.6 is 11.3 Å². The van der Waals surface area contributed by atoms with Crippen LogP contribution in [0, 0.1) is 17.0 Å². The van der Waals surface area contributed by atoms with Crippen LogP contribution in [0.15, 0.2) is 28.4 Å². The molecule has 2 rings (SSSR count). The molecule has 1 heterocycles. The normalized spacial score (nSPS) is 10.6. The maximum atomic E-state index is 11.7. The van der Waals surface area contributed by atoms with Crippen LogP contribution in [0.1, 0.15) is 24.6 Å². The van der Waals surface area contributed by atoms with Crippen molar-refractivity contribution < 1.29 is 4.92 Å². The first-order valence-electron chi connectivity index (χ1n) is 6.69. The summed E-state index contributed by atoms with van der Waals surface area (Å²) in [5, 5.41) is 16.0. The summed E-state index contributed by atoms with van der Waals surface area (Å²) in [7, 11) is 0. The highest BCUT2D eigenvalue weighted by Gasteiger charge is 2.15. The van der Waals surface area contributed by atoms with E-state index in [2.05, 4.69) is 5.32 Å². The van der Waals surface area contributed by atoms with E-state index in [4.69, 9.17) is 0 Å². The molecule has 21 heavy (non-hydrogen) atoms. The van der Waals surface area contributed by atoms with Gasteiger partial charge in [-0.1, -0.05) is 24.3 Å². The molecule has 112 valence electrons. The van der Waals surface area contributed by atoms with Crippen LogP contribution in [0.25, 0.3) is 0 Å². The van der Waals surface area contributed by atoms with Gasteiger partial charge in [-0.2, -0.15) is 0 Å². The highest BCUT2D eigenvalue weighted by Crippen LogP contribution is 2.26. The third-order valence-corrected chi connectivity index (χ3v) is 4.02. The van der Waals surface area contributed by atoms with Crippen LogP contribution in [-0.2, 0) is 6.54 Å². The molecular weight excluding hydrogens is 290 g/mol. The zero-order valence-corrected chi connectivity index (χ0v) is 12.8. The van der Waals surface area contributed by atoms with Crippen molar-refractivity contribution in [3.63, 3.8) is 0 Å². The maximum Gasteiger partial charge on any atom is 0.307 e. The zero-order chi connectivity index (χ0) is 15.4. The summed E-state index contributed by atoms with van der Waals surface area (Å²) >= 11 is 1.14. The fourth-order valence-electron chi connectivity index (χ4n) is 2.01. The highest BCUT2D eigenvalue weighted by molar-refractivity contribution is 7.07. The Bertz CT molecular complexity index is 706. The second-order valence-electron chi connectivity index (χ2n) is 4.76. The van der Waals surface area contributed by atoms with E-state index in [0.29, 0.717) is 18.8 Å². The second-order valence-corrected chi connectivity index (χ2v) is 5.59. The SMILES string of the molecule is CCCNc1ccc(Cn2c(C)csc2=O)cc1[N+](=O)[O-]. The van der Waals surface area contributed by atoms with Gasteiger partial charge < -0.3 is 5.32 Å². The molecule has 1 N–H and O–H groups in total. The molecule has 0 amide bonds. The Hall–Kier alpha value is -2.15. The number of aryl methyl sites for hydroxylation is 1. The monoisotopic (exact) mass is 307 g/mol. The first kappa shape index (κ1) is 15.2. The van der Waals surface area contributed by atoms with Gasteiger partial charge in [0.1, 0.15) is 5.69 Å². The van der Waals surface area contributed by atoms with Crippen LogP contribution in [-0.4, -0.2) is 16.0 Å². The summed E-state index contributed by atoms with van der Waals surface area (Å²) in [5.41, 5.74) is 2.16. The minimum atomic E-state index is -0.398. The first-order chi connectivity index (χ1) is 10.0. The van der Waals surface area contributed by atoms with Crippen LogP contribution in [0.4, 0.5) is 11.4 Å². The second kappa shape index (κ2) is 6.53. The number of hydrogen-bond donors (Lipinski definition) is 1. The first-order valence-corrected chi connectivity index (χ1v) is 7.57. The summed E-state index contributed by atoms with van der Waals surface area (Å²) in [6, 6.07) is 5.05. The molecule has 0 unspecified atom stereocenters. The lowest BCUT2D eigenvalue weighted by atomic mass is 10.1. The quantitative estimate of drug-likeness (QED) is 0.657.